The Bertz CT molecular complexity index is 715. The molecule has 7 heteroatoms. The Balaban J connectivity index is 2.28. The number of hydrogen-bond donors (Lipinski definition) is 1. The number of anilines is 1. The van der Waals surface area contributed by atoms with Gasteiger partial charge >= 0.3 is 0 Å². The Kier molecular flexibility index (Phi) is 3.89. The highest BCUT2D eigenvalue weighted by atomic mass is 32.2. The molecule has 106 valence electrons. The highest BCUT2D eigenvalue weighted by Gasteiger charge is 2.15. The number of ether oxygens (including phenoxy) is 1. The van der Waals surface area contributed by atoms with Crippen LogP contribution in [0, 0.1) is 11.6 Å². The smallest absolute Gasteiger partial charge is 0.261 e. The molecule has 0 aliphatic heterocycles. The lowest BCUT2D eigenvalue weighted by molar-refractivity contribution is 0.386. The van der Waals surface area contributed by atoms with Crippen LogP contribution >= 0.6 is 0 Å². The van der Waals surface area contributed by atoms with Gasteiger partial charge in [0.1, 0.15) is 5.82 Å². The van der Waals surface area contributed by atoms with Gasteiger partial charge in [0.2, 0.25) is 0 Å². The monoisotopic (exact) mass is 299 g/mol. The van der Waals surface area contributed by atoms with Gasteiger partial charge in [-0.1, -0.05) is 0 Å². The van der Waals surface area contributed by atoms with E-state index in [9.17, 15) is 17.2 Å². The normalized spacial score (nSPS) is 11.2. The van der Waals surface area contributed by atoms with Gasteiger partial charge < -0.3 is 4.74 Å². The number of sulfonamides is 1. The number of nitrogens with one attached hydrogen (secondary N) is 1. The summed E-state index contributed by atoms with van der Waals surface area (Å²) in [7, 11) is -2.58. The van der Waals surface area contributed by atoms with Crippen LogP contribution in [-0.2, 0) is 10.0 Å². The zero-order chi connectivity index (χ0) is 14.8. The molecule has 0 aromatic heterocycles. The molecule has 0 atom stereocenters. The van der Waals surface area contributed by atoms with Gasteiger partial charge in [0.05, 0.1) is 17.7 Å². The van der Waals surface area contributed by atoms with E-state index < -0.39 is 21.7 Å². The van der Waals surface area contributed by atoms with Gasteiger partial charge in [-0.05, 0) is 36.4 Å². The second kappa shape index (κ2) is 5.46. The molecule has 0 spiro atoms. The van der Waals surface area contributed by atoms with Crippen molar-refractivity contribution in [3.05, 3.63) is 54.1 Å². The predicted octanol–water partition coefficient (Wildman–Crippen LogP) is 2.77. The van der Waals surface area contributed by atoms with Crippen molar-refractivity contribution < 1.29 is 21.9 Å². The van der Waals surface area contributed by atoms with Crippen LogP contribution in [0.25, 0.3) is 0 Å². The van der Waals surface area contributed by atoms with Gasteiger partial charge in [-0.3, -0.25) is 4.72 Å². The number of halogens is 2. The van der Waals surface area contributed by atoms with Crippen molar-refractivity contribution in [2.24, 2.45) is 0 Å². The third kappa shape index (κ3) is 3.05. The molecule has 0 fully saturated rings. The number of rotatable bonds is 4. The Morgan fingerprint density at radius 3 is 2.25 bits per heavy atom. The third-order valence-corrected chi connectivity index (χ3v) is 3.93. The predicted molar refractivity (Wildman–Crippen MR) is 70.2 cm³/mol. The number of hydrogen-bond acceptors (Lipinski definition) is 3. The standard InChI is InChI=1S/C13H11F2NO3S/c1-19-13-7-4-10(8-12(13)15)16-20(17,18)11-5-2-9(14)3-6-11/h2-8,16H,1H3. The summed E-state index contributed by atoms with van der Waals surface area (Å²) < 4.78 is 57.1. The molecule has 0 heterocycles. The lowest BCUT2D eigenvalue weighted by atomic mass is 10.3. The van der Waals surface area contributed by atoms with Crippen molar-refractivity contribution >= 4 is 15.7 Å². The maximum absolute atomic E-state index is 13.5. The van der Waals surface area contributed by atoms with E-state index in [1.807, 2.05) is 0 Å². The Labute approximate surface area is 115 Å². The molecular formula is C13H11F2NO3S. The van der Waals surface area contributed by atoms with Crippen LogP contribution in [0.15, 0.2) is 47.4 Å². The summed E-state index contributed by atoms with van der Waals surface area (Å²) in [5.41, 5.74) is 0.0487. The minimum absolute atomic E-state index is 0.00901. The number of methoxy groups -OCH3 is 1. The zero-order valence-electron chi connectivity index (χ0n) is 10.4. The van der Waals surface area contributed by atoms with E-state index >= 15 is 0 Å². The SMILES string of the molecule is COc1ccc(NS(=O)(=O)c2ccc(F)cc2)cc1F. The average molecular weight is 299 g/mol. The largest absolute Gasteiger partial charge is 0.494 e. The topological polar surface area (TPSA) is 55.4 Å². The van der Waals surface area contributed by atoms with E-state index in [2.05, 4.69) is 4.72 Å². The fourth-order valence-corrected chi connectivity index (χ4v) is 2.61. The third-order valence-electron chi connectivity index (χ3n) is 2.53. The molecule has 0 amide bonds. The van der Waals surface area contributed by atoms with Gasteiger partial charge in [-0.25, -0.2) is 17.2 Å². The van der Waals surface area contributed by atoms with Crippen LogP contribution in [0.4, 0.5) is 14.5 Å². The molecule has 0 aliphatic rings. The minimum atomic E-state index is -3.89. The van der Waals surface area contributed by atoms with Gasteiger partial charge in [0.25, 0.3) is 10.0 Å². The van der Waals surface area contributed by atoms with Crippen LogP contribution in [0.3, 0.4) is 0 Å². The molecule has 1 N–H and O–H groups in total. The first kappa shape index (κ1) is 14.3. The van der Waals surface area contributed by atoms with Crippen molar-refractivity contribution in [1.82, 2.24) is 0 Å². The fourth-order valence-electron chi connectivity index (χ4n) is 1.56. The van der Waals surface area contributed by atoms with Crippen LogP contribution < -0.4 is 9.46 Å². The minimum Gasteiger partial charge on any atom is -0.494 e. The molecule has 2 rings (SSSR count). The maximum atomic E-state index is 13.5. The van der Waals surface area contributed by atoms with Gasteiger partial charge in [-0.15, -0.1) is 0 Å². The van der Waals surface area contributed by atoms with Crippen molar-refractivity contribution in [3.63, 3.8) is 0 Å². The van der Waals surface area contributed by atoms with Crippen LogP contribution in [-0.4, -0.2) is 15.5 Å². The molecule has 0 unspecified atom stereocenters. The average Bonchev–Trinajstić information content (AvgIpc) is 2.39. The molecular weight excluding hydrogens is 288 g/mol. The second-order valence-electron chi connectivity index (χ2n) is 3.91. The fraction of sp³-hybridized carbons (Fsp3) is 0.0769. The lowest BCUT2D eigenvalue weighted by Gasteiger charge is -2.09. The summed E-state index contributed by atoms with van der Waals surface area (Å²) in [6, 6.07) is 7.97. The van der Waals surface area contributed by atoms with Crippen LogP contribution in [0.2, 0.25) is 0 Å². The first-order valence-corrected chi connectivity index (χ1v) is 7.02. The van der Waals surface area contributed by atoms with E-state index in [4.69, 9.17) is 4.74 Å². The molecule has 4 nitrogen and oxygen atoms in total. The molecule has 2 aromatic carbocycles. The van der Waals surface area contributed by atoms with E-state index in [1.165, 1.54) is 19.2 Å². The molecule has 0 aliphatic carbocycles. The Morgan fingerprint density at radius 1 is 1.05 bits per heavy atom. The van der Waals surface area contributed by atoms with Gasteiger partial charge in [0.15, 0.2) is 11.6 Å². The quantitative estimate of drug-likeness (QED) is 0.944. The first-order valence-electron chi connectivity index (χ1n) is 5.54. The van der Waals surface area contributed by atoms with Crippen molar-refractivity contribution in [1.29, 1.82) is 0 Å². The summed E-state index contributed by atoms with van der Waals surface area (Å²) in [6.07, 6.45) is 0. The van der Waals surface area contributed by atoms with Crippen LogP contribution in [0.5, 0.6) is 5.75 Å². The van der Waals surface area contributed by atoms with Crippen molar-refractivity contribution in [2.45, 2.75) is 4.90 Å². The Hall–Kier alpha value is -2.15. The number of benzene rings is 2. The summed E-state index contributed by atoms with van der Waals surface area (Å²) in [5, 5.41) is 0. The first-order chi connectivity index (χ1) is 9.42. The molecule has 0 bridgehead atoms. The van der Waals surface area contributed by atoms with Crippen molar-refractivity contribution in [3.8, 4) is 5.75 Å². The molecule has 2 aromatic rings. The molecule has 0 saturated heterocycles. The van der Waals surface area contributed by atoms with Gasteiger partial charge in [-0.2, -0.15) is 0 Å². The highest BCUT2D eigenvalue weighted by Crippen LogP contribution is 2.23. The summed E-state index contributed by atoms with van der Waals surface area (Å²) in [4.78, 5) is -0.116. The van der Waals surface area contributed by atoms with E-state index in [1.54, 1.807) is 0 Å². The van der Waals surface area contributed by atoms with E-state index in [0.29, 0.717) is 0 Å². The van der Waals surface area contributed by atoms with E-state index in [0.717, 1.165) is 30.3 Å². The van der Waals surface area contributed by atoms with Gasteiger partial charge in [0, 0.05) is 6.07 Å². The highest BCUT2D eigenvalue weighted by molar-refractivity contribution is 7.92. The summed E-state index contributed by atoms with van der Waals surface area (Å²) >= 11 is 0. The van der Waals surface area contributed by atoms with Crippen molar-refractivity contribution in [2.75, 3.05) is 11.8 Å². The molecule has 20 heavy (non-hydrogen) atoms. The molecule has 0 saturated carbocycles. The Morgan fingerprint density at radius 2 is 1.70 bits per heavy atom. The molecule has 0 radical (unpaired) electrons. The van der Waals surface area contributed by atoms with Crippen LogP contribution in [0.1, 0.15) is 0 Å². The summed E-state index contributed by atoms with van der Waals surface area (Å²) in [5.74, 6) is -1.22. The van der Waals surface area contributed by atoms with E-state index in [-0.39, 0.29) is 16.3 Å². The zero-order valence-corrected chi connectivity index (χ0v) is 11.2. The lowest BCUT2D eigenvalue weighted by Crippen LogP contribution is -2.13. The maximum Gasteiger partial charge on any atom is 0.261 e. The second-order valence-corrected chi connectivity index (χ2v) is 5.59. The summed E-state index contributed by atoms with van der Waals surface area (Å²) in [6.45, 7) is 0.